The lowest BCUT2D eigenvalue weighted by Gasteiger charge is -2.11. The van der Waals surface area contributed by atoms with E-state index in [0.717, 1.165) is 65.4 Å². The number of rotatable bonds is 6. The van der Waals surface area contributed by atoms with Crippen LogP contribution in [-0.2, 0) is 0 Å². The van der Waals surface area contributed by atoms with Gasteiger partial charge in [-0.3, -0.25) is 0 Å². The van der Waals surface area contributed by atoms with Crippen molar-refractivity contribution in [2.45, 2.75) is 0 Å². The van der Waals surface area contributed by atoms with E-state index in [1.165, 1.54) is 39.8 Å². The summed E-state index contributed by atoms with van der Waals surface area (Å²) in [6.07, 6.45) is 0. The molecule has 0 aliphatic heterocycles. The van der Waals surface area contributed by atoms with Crippen molar-refractivity contribution in [3.8, 4) is 67.9 Å². The van der Waals surface area contributed by atoms with Crippen molar-refractivity contribution in [2.24, 2.45) is 0 Å². The zero-order valence-electron chi connectivity index (χ0n) is 33.4. The summed E-state index contributed by atoms with van der Waals surface area (Å²) in [6, 6.07) is 66.1. The lowest BCUT2D eigenvalue weighted by Crippen LogP contribution is -2.00. The lowest BCUT2D eigenvalue weighted by atomic mass is 10.0. The Balaban J connectivity index is 0.999. The summed E-state index contributed by atoms with van der Waals surface area (Å²) in [5.41, 5.74) is 9.09. The quantitative estimate of drug-likeness (QED) is 0.167. The van der Waals surface area contributed by atoms with E-state index in [1.807, 2.05) is 47.7 Å². The average Bonchev–Trinajstić information content (AvgIpc) is 4.05. The summed E-state index contributed by atoms with van der Waals surface area (Å²) in [6.45, 7) is 0. The first-order valence-electron chi connectivity index (χ1n) is 20.7. The van der Waals surface area contributed by atoms with Gasteiger partial charge in [0.05, 0.1) is 15.9 Å². The Bertz CT molecular complexity index is 3930. The molecule has 0 unspecified atom stereocenters. The summed E-state index contributed by atoms with van der Waals surface area (Å²) in [5.74, 6) is 2.61. The van der Waals surface area contributed by atoms with E-state index in [1.54, 1.807) is 22.7 Å². The Hall–Kier alpha value is -7.49. The van der Waals surface area contributed by atoms with E-state index in [2.05, 4.69) is 152 Å². The number of aromatic nitrogens is 5. The maximum atomic E-state index is 5.32. The first-order chi connectivity index (χ1) is 31.2. The molecule has 8 heteroatoms. The maximum Gasteiger partial charge on any atom is 0.164 e. The van der Waals surface area contributed by atoms with Crippen molar-refractivity contribution in [3.05, 3.63) is 188 Å². The van der Waals surface area contributed by atoms with Crippen LogP contribution >= 0.6 is 34.0 Å². The predicted octanol–water partition coefficient (Wildman–Crippen LogP) is 15.8. The minimum Gasteiger partial charge on any atom is -0.226 e. The Kier molecular flexibility index (Phi) is 8.37. The van der Waals surface area contributed by atoms with Crippen molar-refractivity contribution < 1.29 is 0 Å². The number of fused-ring (bicyclic) bond motifs is 9. The molecular weight excluding hydrogens is 827 g/mol. The molecule has 0 aliphatic carbocycles. The van der Waals surface area contributed by atoms with Gasteiger partial charge in [0.15, 0.2) is 23.3 Å². The van der Waals surface area contributed by atoms with Gasteiger partial charge < -0.3 is 0 Å². The smallest absolute Gasteiger partial charge is 0.164 e. The molecule has 5 aromatic heterocycles. The third kappa shape index (κ3) is 6.06. The molecule has 0 fully saturated rings. The molecule has 0 amide bonds. The highest BCUT2D eigenvalue weighted by molar-refractivity contribution is 7.27. The molecule has 0 radical (unpaired) electrons. The molecular formula is C55H31N5S3. The average molecular weight is 858 g/mol. The van der Waals surface area contributed by atoms with Gasteiger partial charge in [0.25, 0.3) is 0 Å². The fourth-order valence-electron chi connectivity index (χ4n) is 8.81. The Morgan fingerprint density at radius 2 is 0.841 bits per heavy atom. The van der Waals surface area contributed by atoms with Crippen LogP contribution in [0.25, 0.3) is 129 Å². The number of hydrogen-bond donors (Lipinski definition) is 0. The van der Waals surface area contributed by atoms with Gasteiger partial charge in [0.1, 0.15) is 0 Å². The summed E-state index contributed by atoms with van der Waals surface area (Å²) in [5, 5.41) is 5.96. The molecule has 5 heterocycles. The van der Waals surface area contributed by atoms with Gasteiger partial charge in [-0.05, 0) is 47.5 Å². The van der Waals surface area contributed by atoms with Crippen molar-refractivity contribution in [1.29, 1.82) is 0 Å². The fraction of sp³-hybridized carbons (Fsp3) is 0. The minimum atomic E-state index is 0.628. The monoisotopic (exact) mass is 857 g/mol. The maximum absolute atomic E-state index is 5.32. The summed E-state index contributed by atoms with van der Waals surface area (Å²) < 4.78 is 7.19. The normalized spacial score (nSPS) is 11.8. The first-order valence-corrected chi connectivity index (χ1v) is 23.2. The third-order valence-corrected chi connectivity index (χ3v) is 15.3. The summed E-state index contributed by atoms with van der Waals surface area (Å²) in [4.78, 5) is 26.2. The second kappa shape index (κ2) is 14.6. The van der Waals surface area contributed by atoms with Gasteiger partial charge in [-0.1, -0.05) is 152 Å². The summed E-state index contributed by atoms with van der Waals surface area (Å²) in [7, 11) is 0. The van der Waals surface area contributed by atoms with Crippen molar-refractivity contribution in [1.82, 2.24) is 24.9 Å². The molecule has 63 heavy (non-hydrogen) atoms. The highest BCUT2D eigenvalue weighted by Crippen LogP contribution is 2.45. The molecule has 0 spiro atoms. The Morgan fingerprint density at radius 1 is 0.286 bits per heavy atom. The van der Waals surface area contributed by atoms with Crippen molar-refractivity contribution >= 4 is 94.7 Å². The molecule has 0 saturated carbocycles. The number of thiophene rings is 3. The number of benzene rings is 8. The van der Waals surface area contributed by atoms with Crippen LogP contribution in [0.4, 0.5) is 0 Å². The van der Waals surface area contributed by atoms with Crippen LogP contribution in [0.5, 0.6) is 0 Å². The fourth-order valence-corrected chi connectivity index (χ4v) is 12.3. The molecule has 0 N–H and O–H groups in total. The molecule has 13 aromatic rings. The van der Waals surface area contributed by atoms with Gasteiger partial charge in [-0.2, -0.15) is 0 Å². The highest BCUT2D eigenvalue weighted by Gasteiger charge is 2.21. The van der Waals surface area contributed by atoms with Crippen molar-refractivity contribution in [3.63, 3.8) is 0 Å². The van der Waals surface area contributed by atoms with E-state index >= 15 is 0 Å². The van der Waals surface area contributed by atoms with Gasteiger partial charge in [-0.15, -0.1) is 34.0 Å². The van der Waals surface area contributed by atoms with Gasteiger partial charge in [0, 0.05) is 78.2 Å². The lowest BCUT2D eigenvalue weighted by molar-refractivity contribution is 1.08. The van der Waals surface area contributed by atoms with E-state index < -0.39 is 0 Å². The van der Waals surface area contributed by atoms with Gasteiger partial charge >= 0.3 is 0 Å². The molecule has 0 bridgehead atoms. The molecule has 8 aromatic carbocycles. The van der Waals surface area contributed by atoms with Crippen LogP contribution in [0, 0.1) is 0 Å². The highest BCUT2D eigenvalue weighted by atomic mass is 32.1. The van der Waals surface area contributed by atoms with Gasteiger partial charge in [0.2, 0.25) is 0 Å². The van der Waals surface area contributed by atoms with Crippen LogP contribution in [0.3, 0.4) is 0 Å². The molecule has 294 valence electrons. The standard InChI is InChI=1S/C55H31N5S3/c1-3-14-32(15-4-1)52-56-48(51-49(57-52)40-21-8-10-26-44(40)63-51)35-28-29-45-42(31-35)47-41(24-13-27-46(47)61-45)55-59-53(33-16-5-2-6-17-33)58-54(60-55)36-19-11-18-34(30-36)37-22-12-23-39-38-20-7-9-25-43(38)62-50(37)39/h1-31H. The van der Waals surface area contributed by atoms with E-state index in [4.69, 9.17) is 24.9 Å². The molecule has 13 rings (SSSR count). The zero-order chi connectivity index (χ0) is 41.4. The summed E-state index contributed by atoms with van der Waals surface area (Å²) >= 11 is 5.37. The topological polar surface area (TPSA) is 64.5 Å². The van der Waals surface area contributed by atoms with E-state index in [-0.39, 0.29) is 0 Å². The molecule has 0 atom stereocenters. The van der Waals surface area contributed by atoms with E-state index in [0.29, 0.717) is 23.3 Å². The van der Waals surface area contributed by atoms with Crippen molar-refractivity contribution in [2.75, 3.05) is 0 Å². The number of nitrogens with zero attached hydrogens (tertiary/aromatic N) is 5. The number of hydrogen-bond acceptors (Lipinski definition) is 8. The zero-order valence-corrected chi connectivity index (χ0v) is 35.8. The third-order valence-electron chi connectivity index (χ3n) is 11.8. The minimum absolute atomic E-state index is 0.628. The molecule has 5 nitrogen and oxygen atoms in total. The molecule has 0 saturated heterocycles. The first kappa shape index (κ1) is 36.2. The predicted molar refractivity (Wildman–Crippen MR) is 267 cm³/mol. The van der Waals surface area contributed by atoms with E-state index in [9.17, 15) is 0 Å². The second-order valence-electron chi connectivity index (χ2n) is 15.6. The second-order valence-corrected chi connectivity index (χ2v) is 18.8. The van der Waals surface area contributed by atoms with Crippen LogP contribution in [0.15, 0.2) is 188 Å². The van der Waals surface area contributed by atoms with Crippen LogP contribution in [-0.4, -0.2) is 24.9 Å². The molecule has 0 aliphatic rings. The van der Waals surface area contributed by atoms with Crippen LogP contribution in [0.2, 0.25) is 0 Å². The van der Waals surface area contributed by atoms with Gasteiger partial charge in [-0.25, -0.2) is 24.9 Å². The Morgan fingerprint density at radius 3 is 1.65 bits per heavy atom. The SMILES string of the molecule is c1ccc(-c2nc(-c3cccc(-c4cccc5c4sc4ccccc45)c3)nc(-c3cccc4sc5ccc(-c6nc(-c7ccccc7)nc7c6sc6ccccc67)cc5c34)n2)cc1. The van der Waals surface area contributed by atoms with Crippen LogP contribution < -0.4 is 0 Å². The largest absolute Gasteiger partial charge is 0.226 e. The van der Waals surface area contributed by atoms with Crippen LogP contribution in [0.1, 0.15) is 0 Å². The Labute approximate surface area is 373 Å².